The van der Waals surface area contributed by atoms with Crippen LogP contribution in [0.15, 0.2) is 42.5 Å². The zero-order valence-corrected chi connectivity index (χ0v) is 11.3. The van der Waals surface area contributed by atoms with Gasteiger partial charge in [0.1, 0.15) is 0 Å². The zero-order valence-electron chi connectivity index (χ0n) is 11.3. The fraction of sp³-hybridized carbons (Fsp3) is 0.250. The van der Waals surface area contributed by atoms with E-state index < -0.39 is 0 Å². The van der Waals surface area contributed by atoms with Crippen molar-refractivity contribution in [3.8, 4) is 0 Å². The summed E-state index contributed by atoms with van der Waals surface area (Å²) in [7, 11) is 0. The van der Waals surface area contributed by atoms with E-state index >= 15 is 0 Å². The van der Waals surface area contributed by atoms with Gasteiger partial charge in [0.05, 0.1) is 0 Å². The number of nitrogens with two attached hydrogens (primary N) is 1. The summed E-state index contributed by atoms with van der Waals surface area (Å²) in [6, 6.07) is 14.7. The van der Waals surface area contributed by atoms with Crippen molar-refractivity contribution in [2.75, 3.05) is 17.2 Å². The second kappa shape index (κ2) is 5.13. The Labute approximate surface area is 109 Å². The van der Waals surface area contributed by atoms with Gasteiger partial charge in [-0.1, -0.05) is 12.1 Å². The molecule has 2 heteroatoms. The molecule has 94 valence electrons. The number of nitrogen functional groups attached to an aromatic ring is 1. The van der Waals surface area contributed by atoms with Crippen LogP contribution < -0.4 is 10.6 Å². The van der Waals surface area contributed by atoms with Crippen molar-refractivity contribution in [2.24, 2.45) is 0 Å². The molecule has 2 aromatic carbocycles. The van der Waals surface area contributed by atoms with Gasteiger partial charge in [-0.2, -0.15) is 0 Å². The first-order valence-electron chi connectivity index (χ1n) is 6.31. The average Bonchev–Trinajstić information content (AvgIpc) is 2.28. The van der Waals surface area contributed by atoms with Gasteiger partial charge in [-0.3, -0.25) is 0 Å². The van der Waals surface area contributed by atoms with E-state index in [1.165, 1.54) is 16.8 Å². The average molecular weight is 240 g/mol. The molecule has 2 N–H and O–H groups in total. The molecule has 0 aromatic heterocycles. The van der Waals surface area contributed by atoms with E-state index in [9.17, 15) is 0 Å². The van der Waals surface area contributed by atoms with Crippen LogP contribution in [0.1, 0.15) is 18.1 Å². The van der Waals surface area contributed by atoms with Crippen molar-refractivity contribution >= 4 is 17.1 Å². The van der Waals surface area contributed by atoms with Gasteiger partial charge >= 0.3 is 0 Å². The van der Waals surface area contributed by atoms with Crippen molar-refractivity contribution in [3.63, 3.8) is 0 Å². The molecule has 0 aliphatic heterocycles. The molecule has 0 aliphatic rings. The maximum absolute atomic E-state index is 5.93. The molecule has 2 rings (SSSR count). The molecule has 0 heterocycles. The summed E-state index contributed by atoms with van der Waals surface area (Å²) in [5, 5.41) is 0. The van der Waals surface area contributed by atoms with Crippen LogP contribution in [0.4, 0.5) is 17.1 Å². The highest BCUT2D eigenvalue weighted by molar-refractivity contribution is 5.68. The second-order valence-corrected chi connectivity index (χ2v) is 4.69. The van der Waals surface area contributed by atoms with Gasteiger partial charge in [0.2, 0.25) is 0 Å². The van der Waals surface area contributed by atoms with Crippen molar-refractivity contribution < 1.29 is 0 Å². The van der Waals surface area contributed by atoms with Gasteiger partial charge in [0, 0.05) is 23.6 Å². The van der Waals surface area contributed by atoms with Crippen molar-refractivity contribution in [2.45, 2.75) is 20.8 Å². The largest absolute Gasteiger partial charge is 0.399 e. The quantitative estimate of drug-likeness (QED) is 0.820. The van der Waals surface area contributed by atoms with Gasteiger partial charge < -0.3 is 10.6 Å². The molecule has 18 heavy (non-hydrogen) atoms. The minimum atomic E-state index is 0.816. The molecule has 0 fully saturated rings. The predicted molar refractivity (Wildman–Crippen MR) is 79.5 cm³/mol. The summed E-state index contributed by atoms with van der Waals surface area (Å²) in [5.74, 6) is 0. The summed E-state index contributed by atoms with van der Waals surface area (Å²) < 4.78 is 0. The summed E-state index contributed by atoms with van der Waals surface area (Å²) in [5.41, 5.74) is 11.6. The number of nitrogens with zero attached hydrogens (tertiary/aromatic N) is 1. The number of benzene rings is 2. The maximum Gasteiger partial charge on any atom is 0.0433 e. The maximum atomic E-state index is 5.93. The Morgan fingerprint density at radius 3 is 2.28 bits per heavy atom. The van der Waals surface area contributed by atoms with Crippen LogP contribution in [0.2, 0.25) is 0 Å². The molecule has 0 amide bonds. The number of rotatable bonds is 3. The van der Waals surface area contributed by atoms with Crippen LogP contribution in [-0.2, 0) is 0 Å². The van der Waals surface area contributed by atoms with Crippen LogP contribution >= 0.6 is 0 Å². The molecule has 0 saturated heterocycles. The topological polar surface area (TPSA) is 29.3 Å². The van der Waals surface area contributed by atoms with E-state index in [-0.39, 0.29) is 0 Å². The third kappa shape index (κ3) is 2.65. The number of hydrogen-bond acceptors (Lipinski definition) is 2. The highest BCUT2D eigenvalue weighted by Crippen LogP contribution is 2.28. The molecule has 0 unspecified atom stereocenters. The standard InChI is InChI=1S/C16H20N2/c1-4-18(15-7-5-6-12(2)9-15)16-10-13(3)8-14(17)11-16/h5-11H,4,17H2,1-3H3. The Balaban J connectivity index is 2.45. The molecule has 0 bridgehead atoms. The number of anilines is 3. The summed E-state index contributed by atoms with van der Waals surface area (Å²) in [4.78, 5) is 2.27. The van der Waals surface area contributed by atoms with Crippen LogP contribution in [0, 0.1) is 13.8 Å². The number of hydrogen-bond donors (Lipinski definition) is 1. The Morgan fingerprint density at radius 1 is 0.944 bits per heavy atom. The van der Waals surface area contributed by atoms with E-state index in [1.807, 2.05) is 12.1 Å². The first-order chi connectivity index (χ1) is 8.60. The minimum absolute atomic E-state index is 0.816. The van der Waals surface area contributed by atoms with Crippen LogP contribution in [-0.4, -0.2) is 6.54 Å². The smallest absolute Gasteiger partial charge is 0.0433 e. The Hall–Kier alpha value is -1.96. The van der Waals surface area contributed by atoms with Crippen molar-refractivity contribution in [1.29, 1.82) is 0 Å². The third-order valence-electron chi connectivity index (χ3n) is 3.03. The van der Waals surface area contributed by atoms with E-state index in [1.54, 1.807) is 0 Å². The lowest BCUT2D eigenvalue weighted by Crippen LogP contribution is -2.16. The van der Waals surface area contributed by atoms with Crippen molar-refractivity contribution in [3.05, 3.63) is 53.6 Å². The van der Waals surface area contributed by atoms with Crippen LogP contribution in [0.3, 0.4) is 0 Å². The van der Waals surface area contributed by atoms with Crippen LogP contribution in [0.25, 0.3) is 0 Å². The molecule has 2 aromatic rings. The minimum Gasteiger partial charge on any atom is -0.399 e. The predicted octanol–water partition coefficient (Wildman–Crippen LogP) is 4.04. The molecule has 2 nitrogen and oxygen atoms in total. The highest BCUT2D eigenvalue weighted by Gasteiger charge is 2.08. The van der Waals surface area contributed by atoms with E-state index in [0.29, 0.717) is 0 Å². The molecule has 0 aliphatic carbocycles. The van der Waals surface area contributed by atoms with Gasteiger partial charge in [0.25, 0.3) is 0 Å². The second-order valence-electron chi connectivity index (χ2n) is 4.69. The van der Waals surface area contributed by atoms with Gasteiger partial charge in [-0.05, 0) is 62.2 Å². The van der Waals surface area contributed by atoms with Gasteiger partial charge in [-0.25, -0.2) is 0 Å². The molecular weight excluding hydrogens is 220 g/mol. The molecule has 0 atom stereocenters. The zero-order chi connectivity index (χ0) is 13.1. The third-order valence-corrected chi connectivity index (χ3v) is 3.03. The molecule has 0 spiro atoms. The lowest BCUT2D eigenvalue weighted by molar-refractivity contribution is 1.02. The van der Waals surface area contributed by atoms with E-state index in [0.717, 1.165) is 17.9 Å². The van der Waals surface area contributed by atoms with E-state index in [2.05, 4.69) is 56.0 Å². The lowest BCUT2D eigenvalue weighted by atomic mass is 10.1. The first-order valence-corrected chi connectivity index (χ1v) is 6.31. The van der Waals surface area contributed by atoms with Crippen molar-refractivity contribution in [1.82, 2.24) is 0 Å². The van der Waals surface area contributed by atoms with Crippen LogP contribution in [0.5, 0.6) is 0 Å². The SMILES string of the molecule is CCN(c1cccc(C)c1)c1cc(C)cc(N)c1. The Kier molecular flexibility index (Phi) is 3.56. The van der Waals surface area contributed by atoms with Gasteiger partial charge in [-0.15, -0.1) is 0 Å². The molecule has 0 radical (unpaired) electrons. The fourth-order valence-electron chi connectivity index (χ4n) is 2.26. The Bertz CT molecular complexity index is 526. The summed E-state index contributed by atoms with van der Waals surface area (Å²) >= 11 is 0. The Morgan fingerprint density at radius 2 is 1.67 bits per heavy atom. The fourth-order valence-corrected chi connectivity index (χ4v) is 2.26. The molecular formula is C16H20N2. The molecule has 0 saturated carbocycles. The van der Waals surface area contributed by atoms with E-state index in [4.69, 9.17) is 5.73 Å². The first kappa shape index (κ1) is 12.5. The normalized spacial score (nSPS) is 10.4. The summed E-state index contributed by atoms with van der Waals surface area (Å²) in [6.45, 7) is 7.26. The summed E-state index contributed by atoms with van der Waals surface area (Å²) in [6.07, 6.45) is 0. The monoisotopic (exact) mass is 240 g/mol. The lowest BCUT2D eigenvalue weighted by Gasteiger charge is -2.24. The number of aryl methyl sites for hydroxylation is 2. The van der Waals surface area contributed by atoms with Gasteiger partial charge in [0.15, 0.2) is 0 Å². The highest BCUT2D eigenvalue weighted by atomic mass is 15.1.